The van der Waals surface area contributed by atoms with Gasteiger partial charge < -0.3 is 9.47 Å². The fraction of sp³-hybridized carbons (Fsp3) is 0.179. The first kappa shape index (κ1) is 24.2. The van der Waals surface area contributed by atoms with Crippen LogP contribution in [0.4, 0.5) is 0 Å². The summed E-state index contributed by atoms with van der Waals surface area (Å²) in [5.41, 5.74) is 2.29. The zero-order chi connectivity index (χ0) is 25.4. The Hall–Kier alpha value is -3.49. The van der Waals surface area contributed by atoms with Gasteiger partial charge in [0, 0.05) is 10.0 Å². The van der Waals surface area contributed by atoms with Gasteiger partial charge in [0.05, 0.1) is 35.6 Å². The van der Waals surface area contributed by atoms with E-state index in [1.165, 1.54) is 11.3 Å². The normalized spacial score (nSPS) is 15.6. The van der Waals surface area contributed by atoms with Crippen molar-refractivity contribution in [2.75, 3.05) is 13.7 Å². The lowest BCUT2D eigenvalue weighted by Crippen LogP contribution is -2.39. The van der Waals surface area contributed by atoms with Crippen molar-refractivity contribution in [2.24, 2.45) is 4.99 Å². The van der Waals surface area contributed by atoms with Crippen LogP contribution < -0.4 is 19.6 Å². The predicted octanol–water partition coefficient (Wildman–Crippen LogP) is 4.72. The number of methoxy groups -OCH3 is 1. The Morgan fingerprint density at radius 3 is 2.61 bits per heavy atom. The predicted molar refractivity (Wildman–Crippen MR) is 145 cm³/mol. The number of carbonyl (C=O) groups is 1. The summed E-state index contributed by atoms with van der Waals surface area (Å²) in [7, 11) is 1.62. The highest BCUT2D eigenvalue weighted by Crippen LogP contribution is 2.32. The van der Waals surface area contributed by atoms with E-state index in [2.05, 4.69) is 20.9 Å². The minimum Gasteiger partial charge on any atom is -0.496 e. The zero-order valence-corrected chi connectivity index (χ0v) is 22.4. The SMILES string of the molecule is CCOC(=O)C1=C(C)N=c2s/c(=C/c3c(OC)ccc4ccccc34)c(=O)n2[C@@H]1c1ccc(Br)cc1. The van der Waals surface area contributed by atoms with E-state index < -0.39 is 12.0 Å². The number of ether oxygens (including phenoxy) is 2. The number of nitrogens with zero attached hydrogens (tertiary/aromatic N) is 2. The number of hydrogen-bond acceptors (Lipinski definition) is 6. The van der Waals surface area contributed by atoms with Gasteiger partial charge in [-0.05, 0) is 54.5 Å². The van der Waals surface area contributed by atoms with Crippen LogP contribution in [0.5, 0.6) is 5.75 Å². The van der Waals surface area contributed by atoms with Crippen molar-refractivity contribution in [3.05, 3.63) is 107 Å². The molecule has 8 heteroatoms. The number of thiazole rings is 1. The summed E-state index contributed by atoms with van der Waals surface area (Å²) in [5.74, 6) is 0.198. The summed E-state index contributed by atoms with van der Waals surface area (Å²) >= 11 is 4.76. The first-order chi connectivity index (χ1) is 17.4. The van der Waals surface area contributed by atoms with E-state index in [1.807, 2.05) is 66.7 Å². The smallest absolute Gasteiger partial charge is 0.338 e. The van der Waals surface area contributed by atoms with Gasteiger partial charge in [0.25, 0.3) is 5.56 Å². The molecular formula is C28H23BrN2O4S. The third-order valence-electron chi connectivity index (χ3n) is 6.13. The van der Waals surface area contributed by atoms with Gasteiger partial charge in [-0.2, -0.15) is 0 Å². The van der Waals surface area contributed by atoms with Gasteiger partial charge in [0.2, 0.25) is 0 Å². The number of fused-ring (bicyclic) bond motifs is 2. The topological polar surface area (TPSA) is 69.9 Å². The fourth-order valence-electron chi connectivity index (χ4n) is 4.49. The molecule has 3 aromatic carbocycles. The number of allylic oxidation sites excluding steroid dienone is 1. The molecule has 5 rings (SSSR count). The minimum atomic E-state index is -0.648. The van der Waals surface area contributed by atoms with Crippen LogP contribution in [-0.2, 0) is 9.53 Å². The highest BCUT2D eigenvalue weighted by molar-refractivity contribution is 9.10. The van der Waals surface area contributed by atoms with E-state index in [0.29, 0.717) is 26.4 Å². The highest BCUT2D eigenvalue weighted by Gasteiger charge is 2.33. The molecule has 1 aliphatic rings. The molecule has 0 saturated carbocycles. The maximum Gasteiger partial charge on any atom is 0.338 e. The number of benzene rings is 3. The Bertz CT molecular complexity index is 1700. The lowest BCUT2D eigenvalue weighted by Gasteiger charge is -2.24. The van der Waals surface area contributed by atoms with Crippen LogP contribution in [0.15, 0.2) is 86.2 Å². The van der Waals surface area contributed by atoms with Crippen molar-refractivity contribution >= 4 is 50.1 Å². The Balaban J connectivity index is 1.78. The molecule has 0 spiro atoms. The molecule has 0 unspecified atom stereocenters. The molecule has 1 atom stereocenters. The summed E-state index contributed by atoms with van der Waals surface area (Å²) in [6.07, 6.45) is 1.85. The lowest BCUT2D eigenvalue weighted by atomic mass is 9.96. The summed E-state index contributed by atoms with van der Waals surface area (Å²) in [5, 5.41) is 2.03. The van der Waals surface area contributed by atoms with Crippen LogP contribution in [0, 0.1) is 0 Å². The second-order valence-corrected chi connectivity index (χ2v) is 10.2. The van der Waals surface area contributed by atoms with E-state index in [0.717, 1.165) is 26.4 Å². The van der Waals surface area contributed by atoms with E-state index >= 15 is 0 Å². The summed E-state index contributed by atoms with van der Waals surface area (Å²) in [4.78, 5) is 32.1. The van der Waals surface area contributed by atoms with Gasteiger partial charge in [-0.3, -0.25) is 9.36 Å². The molecule has 0 aliphatic carbocycles. The van der Waals surface area contributed by atoms with Crippen molar-refractivity contribution in [3.63, 3.8) is 0 Å². The van der Waals surface area contributed by atoms with Crippen LogP contribution in [0.25, 0.3) is 16.8 Å². The number of halogens is 1. The highest BCUT2D eigenvalue weighted by atomic mass is 79.9. The molecule has 182 valence electrons. The maximum atomic E-state index is 13.9. The summed E-state index contributed by atoms with van der Waals surface area (Å²) in [6, 6.07) is 18.8. The summed E-state index contributed by atoms with van der Waals surface area (Å²) < 4.78 is 14.0. The quantitative estimate of drug-likeness (QED) is 0.330. The first-order valence-electron chi connectivity index (χ1n) is 11.4. The van der Waals surface area contributed by atoms with Crippen LogP contribution in [0.2, 0.25) is 0 Å². The van der Waals surface area contributed by atoms with Gasteiger partial charge in [-0.25, -0.2) is 9.79 Å². The molecule has 6 nitrogen and oxygen atoms in total. The molecule has 0 fully saturated rings. The van der Waals surface area contributed by atoms with Gasteiger partial charge in [0.15, 0.2) is 4.80 Å². The molecule has 0 saturated heterocycles. The van der Waals surface area contributed by atoms with E-state index in [-0.39, 0.29) is 12.2 Å². The van der Waals surface area contributed by atoms with Crippen molar-refractivity contribution in [1.82, 2.24) is 4.57 Å². The largest absolute Gasteiger partial charge is 0.496 e. The molecule has 1 aliphatic heterocycles. The van der Waals surface area contributed by atoms with Crippen molar-refractivity contribution in [1.29, 1.82) is 0 Å². The molecule has 2 heterocycles. The monoisotopic (exact) mass is 562 g/mol. The molecule has 0 N–H and O–H groups in total. The molecule has 4 aromatic rings. The van der Waals surface area contributed by atoms with Crippen molar-refractivity contribution in [2.45, 2.75) is 19.9 Å². The van der Waals surface area contributed by atoms with Crippen LogP contribution in [-0.4, -0.2) is 24.3 Å². The average Bonchev–Trinajstić information content (AvgIpc) is 3.18. The number of rotatable bonds is 5. The lowest BCUT2D eigenvalue weighted by molar-refractivity contribution is -0.139. The van der Waals surface area contributed by atoms with Crippen molar-refractivity contribution in [3.8, 4) is 5.75 Å². The Morgan fingerprint density at radius 1 is 1.14 bits per heavy atom. The number of aromatic nitrogens is 1. The van der Waals surface area contributed by atoms with Gasteiger partial charge >= 0.3 is 5.97 Å². The third kappa shape index (κ3) is 4.20. The second kappa shape index (κ2) is 9.87. The number of hydrogen-bond donors (Lipinski definition) is 0. The van der Waals surface area contributed by atoms with Crippen LogP contribution in [0.1, 0.15) is 31.0 Å². The minimum absolute atomic E-state index is 0.226. The van der Waals surface area contributed by atoms with Gasteiger partial charge in [-0.1, -0.05) is 69.7 Å². The molecule has 1 aromatic heterocycles. The number of carbonyl (C=O) groups excluding carboxylic acids is 1. The molecular weight excluding hydrogens is 540 g/mol. The van der Waals surface area contributed by atoms with Crippen LogP contribution >= 0.6 is 27.3 Å². The summed E-state index contributed by atoms with van der Waals surface area (Å²) in [6.45, 7) is 3.77. The van der Waals surface area contributed by atoms with E-state index in [9.17, 15) is 9.59 Å². The Kier molecular flexibility index (Phi) is 6.64. The van der Waals surface area contributed by atoms with Crippen molar-refractivity contribution < 1.29 is 14.3 Å². The van der Waals surface area contributed by atoms with Gasteiger partial charge in [0.1, 0.15) is 5.75 Å². The molecule has 0 bridgehead atoms. The Morgan fingerprint density at radius 2 is 1.89 bits per heavy atom. The number of esters is 1. The van der Waals surface area contributed by atoms with Gasteiger partial charge in [-0.15, -0.1) is 0 Å². The molecule has 0 radical (unpaired) electrons. The fourth-order valence-corrected chi connectivity index (χ4v) is 5.78. The Labute approximate surface area is 220 Å². The molecule has 36 heavy (non-hydrogen) atoms. The van der Waals surface area contributed by atoms with E-state index in [4.69, 9.17) is 9.47 Å². The standard InChI is InChI=1S/C28H23BrN2O4S/c1-4-35-27(33)24-16(2)30-28-31(25(24)18-9-12-19(29)13-10-18)26(32)23(36-28)15-21-20-8-6-5-7-17(20)11-14-22(21)34-3/h5-15,25H,4H2,1-3H3/b23-15+/t25-/m1/s1. The maximum absolute atomic E-state index is 13.9. The molecule has 0 amide bonds. The third-order valence-corrected chi connectivity index (χ3v) is 7.64. The van der Waals surface area contributed by atoms with Crippen LogP contribution in [0.3, 0.4) is 0 Å². The zero-order valence-electron chi connectivity index (χ0n) is 19.9. The first-order valence-corrected chi connectivity index (χ1v) is 13.0. The average molecular weight is 563 g/mol. The van der Waals surface area contributed by atoms with E-state index in [1.54, 1.807) is 25.5 Å². The second-order valence-electron chi connectivity index (χ2n) is 8.26.